The van der Waals surface area contributed by atoms with E-state index in [2.05, 4.69) is 0 Å². The molecule has 0 unspecified atom stereocenters. The zero-order chi connectivity index (χ0) is 7.28. The van der Waals surface area contributed by atoms with Gasteiger partial charge in [0.25, 0.3) is 0 Å². The number of carboxylic acids is 2. The Morgan fingerprint density at radius 1 is 1.18 bits per heavy atom. The van der Waals surface area contributed by atoms with E-state index in [1.165, 1.54) is 0 Å². The Hall–Kier alpha value is -0.125. The van der Waals surface area contributed by atoms with E-state index in [0.29, 0.717) is 6.08 Å². The van der Waals surface area contributed by atoms with E-state index >= 15 is 0 Å². The summed E-state index contributed by atoms with van der Waals surface area (Å²) in [5, 5.41) is 19.2. The van der Waals surface area contributed by atoms with Crippen LogP contribution in [0.5, 0.6) is 0 Å². The van der Waals surface area contributed by atoms with Gasteiger partial charge in [-0.1, -0.05) is 6.08 Å². The number of aliphatic carboxylic acids is 2. The third-order valence-electron chi connectivity index (χ3n) is 0.538. The summed E-state index contributed by atoms with van der Waals surface area (Å²) in [4.78, 5) is 19.2. The van der Waals surface area contributed by atoms with Crippen LogP contribution in [0.4, 0.5) is 0 Å². The van der Waals surface area contributed by atoms with Crippen molar-refractivity contribution in [2.24, 2.45) is 0 Å². The average molecular weight is 142 g/mol. The van der Waals surface area contributed by atoms with Crippen LogP contribution in [0.3, 0.4) is 0 Å². The van der Waals surface area contributed by atoms with Crippen LogP contribution in [0.25, 0.3) is 0 Å². The molecule has 0 fully saturated rings. The second-order valence-corrected chi connectivity index (χ2v) is 1.30. The normalized spacial score (nSPS) is 8.00. The first-order valence-electron chi connectivity index (χ1n) is 2.20. The van der Waals surface area contributed by atoms with Gasteiger partial charge in [-0.2, -0.15) is 0 Å². The second kappa shape index (κ2) is 9.87. The summed E-state index contributed by atoms with van der Waals surface area (Å²) in [6, 6.07) is 0. The minimum atomic E-state index is -1.41. The first kappa shape index (κ1) is 17.1. The minimum absolute atomic E-state index is 0. The van der Waals surface area contributed by atoms with Gasteiger partial charge < -0.3 is 19.8 Å². The molecule has 0 saturated carbocycles. The quantitative estimate of drug-likeness (QED) is 0.289. The van der Waals surface area contributed by atoms with Crippen LogP contribution in [0.15, 0.2) is 12.2 Å². The van der Waals surface area contributed by atoms with Gasteiger partial charge in [-0.15, -0.1) is 0 Å². The fourth-order valence-corrected chi connectivity index (χ4v) is 0.251. The first-order chi connectivity index (χ1) is 4.13. The number of carboxylic acid groups (broad SMARTS) is 2. The summed E-state index contributed by atoms with van der Waals surface area (Å²) in [5.41, 5.74) is 0. The third-order valence-corrected chi connectivity index (χ3v) is 0.538. The molecule has 0 atom stereocenters. The van der Waals surface area contributed by atoms with Gasteiger partial charge in [-0.25, -0.2) is 0 Å². The molecule has 0 aliphatic rings. The third kappa shape index (κ3) is 17.7. The zero-order valence-corrected chi connectivity index (χ0v) is 6.49. The molecule has 6 heteroatoms. The van der Waals surface area contributed by atoms with Crippen molar-refractivity contribution in [3.8, 4) is 0 Å². The molecular formula is C5H4Li2O4. The predicted octanol–water partition coefficient (Wildman–Crippen LogP) is -8.56. The molecule has 0 spiro atoms. The molecule has 4 nitrogen and oxygen atoms in total. The molecule has 0 saturated heterocycles. The Kier molecular flexibility index (Phi) is 15.4. The van der Waals surface area contributed by atoms with E-state index in [-0.39, 0.29) is 37.7 Å². The van der Waals surface area contributed by atoms with Gasteiger partial charge in [0.05, 0.1) is 5.97 Å². The van der Waals surface area contributed by atoms with Crippen molar-refractivity contribution in [3.63, 3.8) is 0 Å². The van der Waals surface area contributed by atoms with Gasteiger partial charge in [-0.05, 0) is 6.08 Å². The van der Waals surface area contributed by atoms with Crippen LogP contribution in [0.2, 0.25) is 0 Å². The van der Waals surface area contributed by atoms with Crippen molar-refractivity contribution in [2.75, 3.05) is 0 Å². The Bertz CT molecular complexity index is 155. The second-order valence-electron chi connectivity index (χ2n) is 1.30. The van der Waals surface area contributed by atoms with Gasteiger partial charge in [-0.3, -0.25) is 0 Å². The first-order valence-corrected chi connectivity index (χ1v) is 2.20. The Morgan fingerprint density at radius 2 is 1.64 bits per heavy atom. The van der Waals surface area contributed by atoms with Crippen molar-refractivity contribution in [3.05, 3.63) is 12.2 Å². The molecule has 0 aliphatic heterocycles. The zero-order valence-electron chi connectivity index (χ0n) is 6.49. The van der Waals surface area contributed by atoms with Gasteiger partial charge >= 0.3 is 37.7 Å². The summed E-state index contributed by atoms with van der Waals surface area (Å²) < 4.78 is 0. The van der Waals surface area contributed by atoms with Crippen LogP contribution in [0.1, 0.15) is 6.42 Å². The molecule has 0 amide bonds. The number of hydrogen-bond donors (Lipinski definition) is 0. The number of carbonyl (C=O) groups excluding carboxylic acids is 2. The largest absolute Gasteiger partial charge is 1.00 e. The molecule has 0 aromatic rings. The Morgan fingerprint density at radius 3 is 1.91 bits per heavy atom. The van der Waals surface area contributed by atoms with E-state index in [4.69, 9.17) is 0 Å². The molecule has 50 valence electrons. The molecule has 0 aliphatic carbocycles. The maximum absolute atomic E-state index is 9.61. The maximum atomic E-state index is 9.61. The van der Waals surface area contributed by atoms with Crippen LogP contribution < -0.4 is 47.9 Å². The molecule has 0 aromatic carbocycles. The molecule has 0 radical (unpaired) electrons. The van der Waals surface area contributed by atoms with Crippen molar-refractivity contribution < 1.29 is 57.5 Å². The average Bonchev–Trinajstić information content (AvgIpc) is 1.63. The van der Waals surface area contributed by atoms with Crippen LogP contribution in [0, 0.1) is 0 Å². The van der Waals surface area contributed by atoms with E-state index in [1.54, 1.807) is 0 Å². The van der Waals surface area contributed by atoms with Gasteiger partial charge in [0.15, 0.2) is 0 Å². The number of rotatable bonds is 3. The van der Waals surface area contributed by atoms with E-state index in [0.717, 1.165) is 6.08 Å². The standard InChI is InChI=1S/C5H6O4.2Li/c6-4(7)2-1-3-5(8)9;;/h1-2H,3H2,(H,6,7)(H,8,9);;/q;2*+1/p-2/b2-1+;;. The SMILES string of the molecule is O=C([O-])/C=C/CC(=O)[O-].[Li+].[Li+]. The molecule has 0 rings (SSSR count). The monoisotopic (exact) mass is 142 g/mol. The smallest absolute Gasteiger partial charge is 0.550 e. The molecular weight excluding hydrogens is 138 g/mol. The Balaban J connectivity index is -0.000000320. The fourth-order valence-electron chi connectivity index (χ4n) is 0.251. The summed E-state index contributed by atoms with van der Waals surface area (Å²) in [7, 11) is 0. The summed E-state index contributed by atoms with van der Waals surface area (Å²) in [5.74, 6) is -2.72. The van der Waals surface area contributed by atoms with Crippen LogP contribution in [-0.4, -0.2) is 11.9 Å². The van der Waals surface area contributed by atoms with Crippen LogP contribution in [-0.2, 0) is 9.59 Å². The van der Waals surface area contributed by atoms with Gasteiger partial charge in [0.1, 0.15) is 0 Å². The van der Waals surface area contributed by atoms with Crippen molar-refractivity contribution in [2.45, 2.75) is 6.42 Å². The fraction of sp³-hybridized carbons (Fsp3) is 0.200. The van der Waals surface area contributed by atoms with Crippen LogP contribution >= 0.6 is 0 Å². The predicted molar refractivity (Wildman–Crippen MR) is 23.8 cm³/mol. The van der Waals surface area contributed by atoms with Crippen molar-refractivity contribution in [1.29, 1.82) is 0 Å². The maximum Gasteiger partial charge on any atom is 1.00 e. The number of carbonyl (C=O) groups is 2. The van der Waals surface area contributed by atoms with Gasteiger partial charge in [0.2, 0.25) is 0 Å². The van der Waals surface area contributed by atoms with E-state index in [9.17, 15) is 19.8 Å². The van der Waals surface area contributed by atoms with Crippen molar-refractivity contribution in [1.82, 2.24) is 0 Å². The summed E-state index contributed by atoms with van der Waals surface area (Å²) >= 11 is 0. The topological polar surface area (TPSA) is 80.3 Å². The van der Waals surface area contributed by atoms with E-state index < -0.39 is 18.4 Å². The van der Waals surface area contributed by atoms with E-state index in [1.807, 2.05) is 0 Å². The number of hydrogen-bond acceptors (Lipinski definition) is 4. The molecule has 0 heterocycles. The molecule has 11 heavy (non-hydrogen) atoms. The summed E-state index contributed by atoms with van der Waals surface area (Å²) in [6.07, 6.45) is 1.20. The Labute approximate surface area is 88.0 Å². The van der Waals surface area contributed by atoms with Gasteiger partial charge in [0, 0.05) is 12.4 Å². The summed E-state index contributed by atoms with van der Waals surface area (Å²) in [6.45, 7) is 0. The molecule has 0 aromatic heterocycles. The van der Waals surface area contributed by atoms with Crippen molar-refractivity contribution >= 4 is 11.9 Å². The molecule has 0 bridgehead atoms. The minimum Gasteiger partial charge on any atom is -0.550 e. The molecule has 0 N–H and O–H groups in total.